The van der Waals surface area contributed by atoms with Gasteiger partial charge < -0.3 is 20.1 Å². The van der Waals surface area contributed by atoms with Gasteiger partial charge in [0.15, 0.2) is 0 Å². The summed E-state index contributed by atoms with van der Waals surface area (Å²) in [6, 6.07) is 3.68. The zero-order chi connectivity index (χ0) is 15.7. The van der Waals surface area contributed by atoms with Gasteiger partial charge in [0.25, 0.3) is 0 Å². The summed E-state index contributed by atoms with van der Waals surface area (Å²) in [5.74, 6) is 0.689. The van der Waals surface area contributed by atoms with E-state index in [1.807, 2.05) is 13.0 Å². The maximum absolute atomic E-state index is 11.6. The van der Waals surface area contributed by atoms with E-state index in [0.29, 0.717) is 36.9 Å². The van der Waals surface area contributed by atoms with Gasteiger partial charge in [0.1, 0.15) is 5.75 Å². The molecule has 0 saturated heterocycles. The van der Waals surface area contributed by atoms with Gasteiger partial charge in [-0.1, -0.05) is 11.6 Å². The number of hydrogen-bond acceptors (Lipinski definition) is 4. The van der Waals surface area contributed by atoms with Gasteiger partial charge in [-0.3, -0.25) is 4.79 Å². The van der Waals surface area contributed by atoms with E-state index >= 15 is 0 Å². The Balaban J connectivity index is 2.38. The molecule has 0 aliphatic carbocycles. The number of carbonyl (C=O) groups excluding carboxylic acids is 1. The molecule has 0 aliphatic rings. The van der Waals surface area contributed by atoms with E-state index in [-0.39, 0.29) is 5.91 Å². The largest absolute Gasteiger partial charge is 0.495 e. The fourth-order valence-corrected chi connectivity index (χ4v) is 1.97. The van der Waals surface area contributed by atoms with Crippen LogP contribution in [0.1, 0.15) is 18.4 Å². The lowest BCUT2D eigenvalue weighted by molar-refractivity contribution is -0.120. The monoisotopic (exact) mass is 314 g/mol. The highest BCUT2D eigenvalue weighted by atomic mass is 35.5. The topological polar surface area (TPSA) is 59.6 Å². The van der Waals surface area contributed by atoms with Gasteiger partial charge in [-0.25, -0.2) is 0 Å². The molecule has 0 atom stereocenters. The second kappa shape index (κ2) is 9.47. The molecule has 21 heavy (non-hydrogen) atoms. The number of halogens is 1. The van der Waals surface area contributed by atoms with Gasteiger partial charge >= 0.3 is 0 Å². The van der Waals surface area contributed by atoms with Crippen LogP contribution in [-0.4, -0.2) is 39.8 Å². The summed E-state index contributed by atoms with van der Waals surface area (Å²) in [5, 5.41) is 6.70. The Hall–Kier alpha value is -1.46. The normalized spacial score (nSPS) is 10.3. The van der Waals surface area contributed by atoms with E-state index in [4.69, 9.17) is 21.1 Å². The van der Waals surface area contributed by atoms with Crippen LogP contribution >= 0.6 is 11.6 Å². The zero-order valence-corrected chi connectivity index (χ0v) is 13.5. The minimum atomic E-state index is 0.0169. The third kappa shape index (κ3) is 6.23. The predicted molar refractivity (Wildman–Crippen MR) is 85.4 cm³/mol. The molecule has 0 saturated carbocycles. The van der Waals surface area contributed by atoms with Crippen molar-refractivity contribution >= 4 is 23.2 Å². The molecule has 0 radical (unpaired) electrons. The molecule has 0 spiro atoms. The van der Waals surface area contributed by atoms with Crippen molar-refractivity contribution in [3.05, 3.63) is 22.7 Å². The first-order valence-corrected chi connectivity index (χ1v) is 7.30. The quantitative estimate of drug-likeness (QED) is 0.688. The molecule has 2 N–H and O–H groups in total. The highest BCUT2D eigenvalue weighted by Crippen LogP contribution is 2.30. The number of amides is 1. The van der Waals surface area contributed by atoms with Crippen molar-refractivity contribution in [1.29, 1.82) is 0 Å². The van der Waals surface area contributed by atoms with Crippen LogP contribution in [0.15, 0.2) is 12.1 Å². The van der Waals surface area contributed by atoms with Gasteiger partial charge in [0.2, 0.25) is 5.91 Å². The molecule has 0 unspecified atom stereocenters. The number of aryl methyl sites for hydroxylation is 1. The fourth-order valence-electron chi connectivity index (χ4n) is 1.81. The minimum Gasteiger partial charge on any atom is -0.495 e. The summed E-state index contributed by atoms with van der Waals surface area (Å²) in [6.07, 6.45) is 1.22. The number of ether oxygens (including phenoxy) is 2. The maximum atomic E-state index is 11.6. The van der Waals surface area contributed by atoms with Crippen LogP contribution in [-0.2, 0) is 9.53 Å². The van der Waals surface area contributed by atoms with E-state index in [1.165, 1.54) is 0 Å². The highest BCUT2D eigenvalue weighted by molar-refractivity contribution is 6.31. The zero-order valence-electron chi connectivity index (χ0n) is 12.8. The standard InChI is InChI=1S/C15H23ClN2O3/c1-11-9-13(14(21-3)10-12(11)16)17-7-5-15(19)18-6-4-8-20-2/h9-10,17H,4-8H2,1-3H3,(H,18,19). The lowest BCUT2D eigenvalue weighted by Crippen LogP contribution is -2.26. The fraction of sp³-hybridized carbons (Fsp3) is 0.533. The van der Waals surface area contributed by atoms with Gasteiger partial charge in [-0.15, -0.1) is 0 Å². The summed E-state index contributed by atoms with van der Waals surface area (Å²) in [5.41, 5.74) is 1.80. The van der Waals surface area contributed by atoms with Gasteiger partial charge in [-0.2, -0.15) is 0 Å². The van der Waals surface area contributed by atoms with Crippen molar-refractivity contribution < 1.29 is 14.3 Å². The Bertz CT molecular complexity index is 466. The number of nitrogens with one attached hydrogen (secondary N) is 2. The minimum absolute atomic E-state index is 0.0169. The molecule has 0 aliphatic heterocycles. The Kier molecular flexibility index (Phi) is 7.93. The summed E-state index contributed by atoms with van der Waals surface area (Å²) in [4.78, 5) is 11.6. The Morgan fingerprint density at radius 1 is 1.29 bits per heavy atom. The van der Waals surface area contributed by atoms with Crippen LogP contribution in [0, 0.1) is 6.92 Å². The van der Waals surface area contributed by atoms with E-state index in [2.05, 4.69) is 10.6 Å². The molecule has 5 nitrogen and oxygen atoms in total. The molecule has 118 valence electrons. The number of hydrogen-bond donors (Lipinski definition) is 2. The van der Waals surface area contributed by atoms with Gasteiger partial charge in [0.05, 0.1) is 12.8 Å². The van der Waals surface area contributed by atoms with Crippen molar-refractivity contribution in [1.82, 2.24) is 5.32 Å². The molecule has 0 heterocycles. The number of anilines is 1. The van der Waals surface area contributed by atoms with E-state index < -0.39 is 0 Å². The average Bonchev–Trinajstić information content (AvgIpc) is 2.47. The van der Waals surface area contributed by atoms with Gasteiger partial charge in [0, 0.05) is 44.3 Å². The number of carbonyl (C=O) groups is 1. The smallest absolute Gasteiger partial charge is 0.221 e. The Labute approximate surface area is 131 Å². The first-order valence-electron chi connectivity index (χ1n) is 6.92. The van der Waals surface area contributed by atoms with E-state index in [1.54, 1.807) is 20.3 Å². The van der Waals surface area contributed by atoms with Crippen LogP contribution < -0.4 is 15.4 Å². The highest BCUT2D eigenvalue weighted by Gasteiger charge is 2.07. The molecule has 6 heteroatoms. The lowest BCUT2D eigenvalue weighted by atomic mass is 10.2. The molecule has 1 aromatic rings. The first kappa shape index (κ1) is 17.6. The lowest BCUT2D eigenvalue weighted by Gasteiger charge is -2.13. The van der Waals surface area contributed by atoms with Crippen LogP contribution in [0.25, 0.3) is 0 Å². The van der Waals surface area contributed by atoms with Crippen molar-refractivity contribution in [3.8, 4) is 5.75 Å². The molecule has 0 bridgehead atoms. The third-order valence-corrected chi connectivity index (χ3v) is 3.40. The van der Waals surface area contributed by atoms with Crippen LogP contribution in [0.2, 0.25) is 5.02 Å². The molecular weight excluding hydrogens is 292 g/mol. The second-order valence-corrected chi connectivity index (χ2v) is 5.08. The predicted octanol–water partition coefficient (Wildman–Crippen LogP) is 2.61. The molecule has 1 aromatic carbocycles. The molecule has 1 rings (SSSR count). The summed E-state index contributed by atoms with van der Waals surface area (Å²) in [7, 11) is 3.24. The summed E-state index contributed by atoms with van der Waals surface area (Å²) < 4.78 is 10.2. The molecule has 0 aromatic heterocycles. The van der Waals surface area contributed by atoms with Crippen molar-refractivity contribution in [2.24, 2.45) is 0 Å². The number of methoxy groups -OCH3 is 2. The molecule has 1 amide bonds. The van der Waals surface area contributed by atoms with Crippen LogP contribution in [0.5, 0.6) is 5.75 Å². The molecular formula is C15H23ClN2O3. The Morgan fingerprint density at radius 3 is 2.71 bits per heavy atom. The summed E-state index contributed by atoms with van der Waals surface area (Å²) >= 11 is 6.05. The van der Waals surface area contributed by atoms with E-state index in [0.717, 1.165) is 17.7 Å². The third-order valence-electron chi connectivity index (χ3n) is 3.00. The van der Waals surface area contributed by atoms with Crippen molar-refractivity contribution in [3.63, 3.8) is 0 Å². The average molecular weight is 315 g/mol. The molecule has 0 fully saturated rings. The van der Waals surface area contributed by atoms with Crippen LogP contribution in [0.4, 0.5) is 5.69 Å². The van der Waals surface area contributed by atoms with E-state index in [9.17, 15) is 4.79 Å². The van der Waals surface area contributed by atoms with Crippen molar-refractivity contribution in [2.75, 3.05) is 39.2 Å². The van der Waals surface area contributed by atoms with Gasteiger partial charge in [-0.05, 0) is 25.0 Å². The number of benzene rings is 1. The SMILES string of the molecule is COCCCNC(=O)CCNc1cc(C)c(Cl)cc1OC. The Morgan fingerprint density at radius 2 is 2.05 bits per heavy atom. The first-order chi connectivity index (χ1) is 10.1. The maximum Gasteiger partial charge on any atom is 0.221 e. The van der Waals surface area contributed by atoms with Crippen molar-refractivity contribution in [2.45, 2.75) is 19.8 Å². The second-order valence-electron chi connectivity index (χ2n) is 4.67. The number of rotatable bonds is 9. The van der Waals surface area contributed by atoms with Crippen LogP contribution in [0.3, 0.4) is 0 Å². The summed E-state index contributed by atoms with van der Waals surface area (Å²) in [6.45, 7) is 3.75.